The number of alkyl halides is 3. The number of nitrogens with one attached hydrogen (secondary N) is 2. The molecule has 0 spiro atoms. The van der Waals surface area contributed by atoms with Gasteiger partial charge < -0.3 is 15.2 Å². The van der Waals surface area contributed by atoms with Gasteiger partial charge in [0.1, 0.15) is 12.4 Å². The molecule has 10 heteroatoms. The van der Waals surface area contributed by atoms with Crippen molar-refractivity contribution in [3.63, 3.8) is 0 Å². The van der Waals surface area contributed by atoms with Crippen LogP contribution in [0, 0.1) is 13.8 Å². The summed E-state index contributed by atoms with van der Waals surface area (Å²) in [6.45, 7) is 2.99. The van der Waals surface area contributed by atoms with Crippen LogP contribution < -0.4 is 15.8 Å². The highest BCUT2D eigenvalue weighted by molar-refractivity contribution is 6.10. The first kappa shape index (κ1) is 19.6. The average Bonchev–Trinajstić information content (AvgIpc) is 2.58. The van der Waals surface area contributed by atoms with E-state index in [0.717, 1.165) is 23.1 Å². The number of halogens is 3. The minimum absolute atomic E-state index is 0.0783. The summed E-state index contributed by atoms with van der Waals surface area (Å²) in [5.41, 5.74) is -0.303. The van der Waals surface area contributed by atoms with Gasteiger partial charge in [-0.15, -0.1) is 0 Å². The molecule has 7 nitrogen and oxygen atoms in total. The summed E-state index contributed by atoms with van der Waals surface area (Å²) in [7, 11) is 0. The highest BCUT2D eigenvalue weighted by Gasteiger charge is 2.34. The molecule has 0 fully saturated rings. The second-order valence-electron chi connectivity index (χ2n) is 6.47. The second-order valence-corrected chi connectivity index (χ2v) is 6.47. The number of fused-ring (bicyclic) bond motifs is 1. The quantitative estimate of drug-likeness (QED) is 0.835. The first-order valence-electron chi connectivity index (χ1n) is 8.44. The van der Waals surface area contributed by atoms with E-state index in [4.69, 9.17) is 0 Å². The van der Waals surface area contributed by atoms with Crippen molar-refractivity contribution >= 4 is 23.2 Å². The number of amides is 2. The van der Waals surface area contributed by atoms with Gasteiger partial charge in [-0.3, -0.25) is 14.4 Å². The zero-order valence-corrected chi connectivity index (χ0v) is 15.1. The van der Waals surface area contributed by atoms with Crippen LogP contribution in [0.15, 0.2) is 23.0 Å². The van der Waals surface area contributed by atoms with E-state index in [2.05, 4.69) is 15.3 Å². The molecular weight excluding hydrogens is 377 g/mol. The standard InChI is InChI=1S/C18H17F3N4O3/c1-9-12(17(28)23-10(2)22-9)4-6-16(27)25-8-15(26)24-13-7-11(18(19,20)21)3-5-14(13)25/h3,5,7H,4,6,8H2,1-2H3,(H,24,26)(H,22,23,28). The van der Waals surface area contributed by atoms with E-state index in [1.54, 1.807) is 13.8 Å². The van der Waals surface area contributed by atoms with Crippen molar-refractivity contribution in [2.45, 2.75) is 32.9 Å². The normalized spacial score (nSPS) is 13.9. The maximum Gasteiger partial charge on any atom is 0.416 e. The fourth-order valence-corrected chi connectivity index (χ4v) is 3.10. The van der Waals surface area contributed by atoms with Crippen LogP contribution >= 0.6 is 0 Å². The number of anilines is 2. The van der Waals surface area contributed by atoms with Gasteiger partial charge in [-0.2, -0.15) is 13.2 Å². The average molecular weight is 394 g/mol. The van der Waals surface area contributed by atoms with Gasteiger partial charge in [0.05, 0.1) is 16.9 Å². The molecule has 1 aliphatic heterocycles. The summed E-state index contributed by atoms with van der Waals surface area (Å²) < 4.78 is 38.7. The van der Waals surface area contributed by atoms with Crippen LogP contribution in [0.25, 0.3) is 0 Å². The van der Waals surface area contributed by atoms with E-state index in [1.807, 2.05) is 0 Å². The Bertz CT molecular complexity index is 1010. The van der Waals surface area contributed by atoms with Crippen LogP contribution in [0.2, 0.25) is 0 Å². The molecule has 1 aromatic heterocycles. The number of H-pyrrole nitrogens is 1. The molecule has 2 N–H and O–H groups in total. The number of aryl methyl sites for hydroxylation is 2. The number of rotatable bonds is 3. The summed E-state index contributed by atoms with van der Waals surface area (Å²) in [5.74, 6) is -0.610. The van der Waals surface area contributed by atoms with Crippen molar-refractivity contribution in [1.29, 1.82) is 0 Å². The Morgan fingerprint density at radius 2 is 1.96 bits per heavy atom. The fraction of sp³-hybridized carbons (Fsp3) is 0.333. The summed E-state index contributed by atoms with van der Waals surface area (Å²) in [4.78, 5) is 44.4. The molecule has 0 saturated carbocycles. The van der Waals surface area contributed by atoms with Gasteiger partial charge in [0.15, 0.2) is 0 Å². The van der Waals surface area contributed by atoms with Crippen molar-refractivity contribution < 1.29 is 22.8 Å². The number of hydrogen-bond donors (Lipinski definition) is 2. The summed E-state index contributed by atoms with van der Waals surface area (Å²) in [6, 6.07) is 2.81. The van der Waals surface area contributed by atoms with E-state index in [1.165, 1.54) is 0 Å². The number of aromatic nitrogens is 2. The summed E-state index contributed by atoms with van der Waals surface area (Å²) >= 11 is 0. The van der Waals surface area contributed by atoms with Crippen molar-refractivity contribution in [3.8, 4) is 0 Å². The molecule has 28 heavy (non-hydrogen) atoms. The van der Waals surface area contributed by atoms with Crippen LogP contribution in [0.5, 0.6) is 0 Å². The van der Waals surface area contributed by atoms with Crippen molar-refractivity contribution in [2.75, 3.05) is 16.8 Å². The molecule has 3 rings (SSSR count). The summed E-state index contributed by atoms with van der Waals surface area (Å²) in [5, 5.41) is 2.36. The lowest BCUT2D eigenvalue weighted by atomic mass is 10.1. The largest absolute Gasteiger partial charge is 0.416 e. The molecule has 0 radical (unpaired) electrons. The zero-order chi connectivity index (χ0) is 20.6. The molecule has 0 bridgehead atoms. The minimum atomic E-state index is -4.57. The van der Waals surface area contributed by atoms with Gasteiger partial charge in [-0.25, -0.2) is 4.98 Å². The Kier molecular flexibility index (Phi) is 4.97. The van der Waals surface area contributed by atoms with Gasteiger partial charge in [0.25, 0.3) is 5.56 Å². The second kappa shape index (κ2) is 7.10. The fourth-order valence-electron chi connectivity index (χ4n) is 3.10. The van der Waals surface area contributed by atoms with Crippen molar-refractivity contribution in [3.05, 3.63) is 51.2 Å². The molecule has 0 saturated heterocycles. The van der Waals surface area contributed by atoms with E-state index < -0.39 is 23.6 Å². The van der Waals surface area contributed by atoms with Crippen molar-refractivity contribution in [2.24, 2.45) is 0 Å². The van der Waals surface area contributed by atoms with Gasteiger partial charge in [-0.1, -0.05) is 0 Å². The van der Waals surface area contributed by atoms with Crippen LogP contribution in [0.4, 0.5) is 24.5 Å². The zero-order valence-electron chi connectivity index (χ0n) is 15.1. The lowest BCUT2D eigenvalue weighted by Gasteiger charge is -2.30. The van der Waals surface area contributed by atoms with E-state index >= 15 is 0 Å². The minimum Gasteiger partial charge on any atom is -0.323 e. The molecular formula is C18H17F3N4O3. The maximum absolute atomic E-state index is 12.9. The predicted molar refractivity (Wildman–Crippen MR) is 95.1 cm³/mol. The number of benzene rings is 1. The number of hydrogen-bond acceptors (Lipinski definition) is 4. The summed E-state index contributed by atoms with van der Waals surface area (Å²) in [6.07, 6.45) is -4.56. The maximum atomic E-state index is 12.9. The molecule has 0 unspecified atom stereocenters. The molecule has 148 valence electrons. The number of nitrogens with zero attached hydrogens (tertiary/aromatic N) is 2. The Morgan fingerprint density at radius 1 is 1.25 bits per heavy atom. The van der Waals surface area contributed by atoms with E-state index in [9.17, 15) is 27.6 Å². The lowest BCUT2D eigenvalue weighted by molar-refractivity contribution is -0.137. The Labute approximate surface area is 157 Å². The first-order valence-corrected chi connectivity index (χ1v) is 8.44. The van der Waals surface area contributed by atoms with Gasteiger partial charge in [-0.05, 0) is 38.5 Å². The molecule has 0 aliphatic carbocycles. The monoisotopic (exact) mass is 394 g/mol. The third-order valence-electron chi connectivity index (χ3n) is 4.42. The van der Waals surface area contributed by atoms with Crippen LogP contribution in [-0.4, -0.2) is 28.3 Å². The number of carbonyl (C=O) groups excluding carboxylic acids is 2. The van der Waals surface area contributed by atoms with E-state index in [0.29, 0.717) is 17.1 Å². The Balaban J connectivity index is 1.84. The smallest absolute Gasteiger partial charge is 0.323 e. The number of carbonyl (C=O) groups is 2. The molecule has 2 amide bonds. The molecule has 1 aliphatic rings. The van der Waals surface area contributed by atoms with Gasteiger partial charge >= 0.3 is 6.18 Å². The highest BCUT2D eigenvalue weighted by Crippen LogP contribution is 2.37. The lowest BCUT2D eigenvalue weighted by Crippen LogP contribution is -2.42. The van der Waals surface area contributed by atoms with Crippen LogP contribution in [0.1, 0.15) is 29.1 Å². The SMILES string of the molecule is Cc1nc(C)c(CCC(=O)N2CC(=O)Nc3cc(C(F)(F)F)ccc32)c(=O)[nH]1. The number of aromatic amines is 1. The first-order chi connectivity index (χ1) is 13.1. The molecule has 0 atom stereocenters. The van der Waals surface area contributed by atoms with Gasteiger partial charge in [0, 0.05) is 17.7 Å². The molecule has 2 heterocycles. The third-order valence-corrected chi connectivity index (χ3v) is 4.42. The highest BCUT2D eigenvalue weighted by atomic mass is 19.4. The van der Waals surface area contributed by atoms with Gasteiger partial charge in [0.2, 0.25) is 11.8 Å². The topological polar surface area (TPSA) is 95.2 Å². The van der Waals surface area contributed by atoms with E-state index in [-0.39, 0.29) is 36.3 Å². The predicted octanol–water partition coefficient (Wildman–Crippen LogP) is 2.32. The molecule has 2 aromatic rings. The molecule has 1 aromatic carbocycles. The Hall–Kier alpha value is -3.17. The van der Waals surface area contributed by atoms with Crippen molar-refractivity contribution in [1.82, 2.24) is 9.97 Å². The van der Waals surface area contributed by atoms with Crippen LogP contribution in [0.3, 0.4) is 0 Å². The van der Waals surface area contributed by atoms with Crippen LogP contribution in [-0.2, 0) is 22.2 Å². The third kappa shape index (κ3) is 3.90. The Morgan fingerprint density at radius 3 is 2.61 bits per heavy atom.